The molecule has 0 bridgehead atoms. The van der Waals surface area contributed by atoms with Crippen LogP contribution in [0.4, 0.5) is 0 Å². The van der Waals surface area contributed by atoms with Crippen LogP contribution in [0.3, 0.4) is 0 Å². The summed E-state index contributed by atoms with van der Waals surface area (Å²) in [5.74, 6) is 1.48. The van der Waals surface area contributed by atoms with Crippen molar-refractivity contribution in [1.82, 2.24) is 9.66 Å². The average Bonchev–Trinajstić information content (AvgIpc) is 2.89. The topological polar surface area (TPSA) is 56.5 Å². The summed E-state index contributed by atoms with van der Waals surface area (Å²) in [6.45, 7) is 0.336. The molecule has 8 heteroatoms. The second kappa shape index (κ2) is 11.2. The molecule has 0 atom stereocenters. The molecule has 1 aliphatic rings. The van der Waals surface area contributed by atoms with Crippen molar-refractivity contribution < 1.29 is 4.74 Å². The van der Waals surface area contributed by atoms with E-state index in [1.807, 2.05) is 42.5 Å². The predicted molar refractivity (Wildman–Crippen MR) is 150 cm³/mol. The lowest BCUT2D eigenvalue weighted by Gasteiger charge is -2.22. The third kappa shape index (κ3) is 5.51. The van der Waals surface area contributed by atoms with Gasteiger partial charge in [-0.2, -0.15) is 9.78 Å². The van der Waals surface area contributed by atoms with E-state index in [1.54, 1.807) is 24.4 Å². The largest absolute Gasteiger partial charge is 0.487 e. The predicted octanol–water partition coefficient (Wildman–Crippen LogP) is 7.97. The van der Waals surface area contributed by atoms with Crippen molar-refractivity contribution in [1.29, 1.82) is 0 Å². The maximum absolute atomic E-state index is 13.5. The Kier molecular flexibility index (Phi) is 7.75. The Balaban J connectivity index is 1.54. The van der Waals surface area contributed by atoms with Gasteiger partial charge in [-0.3, -0.25) is 4.79 Å². The number of benzene rings is 3. The molecule has 1 aromatic heterocycles. The minimum Gasteiger partial charge on any atom is -0.487 e. The molecule has 36 heavy (non-hydrogen) atoms. The fourth-order valence-corrected chi connectivity index (χ4v) is 5.64. The Bertz CT molecular complexity index is 1480. The van der Waals surface area contributed by atoms with Crippen LogP contribution in [-0.2, 0) is 6.61 Å². The smallest absolute Gasteiger partial charge is 0.282 e. The van der Waals surface area contributed by atoms with E-state index in [0.717, 1.165) is 31.2 Å². The molecule has 5 nitrogen and oxygen atoms in total. The maximum Gasteiger partial charge on any atom is 0.282 e. The summed E-state index contributed by atoms with van der Waals surface area (Å²) in [6.07, 6.45) is 7.08. The highest BCUT2D eigenvalue weighted by Gasteiger charge is 2.22. The second-order valence-corrected chi connectivity index (χ2v) is 10.6. The molecule has 1 fully saturated rings. The van der Waals surface area contributed by atoms with Gasteiger partial charge in [0.05, 0.1) is 21.6 Å². The van der Waals surface area contributed by atoms with Crippen molar-refractivity contribution in [2.75, 3.05) is 0 Å². The minimum absolute atomic E-state index is 0.179. The van der Waals surface area contributed by atoms with Crippen molar-refractivity contribution >= 4 is 56.2 Å². The summed E-state index contributed by atoms with van der Waals surface area (Å²) >= 11 is 15.9. The SMILES string of the molecule is O=c1c2ccccc2nc(C2CCCCC2)n1N=Cc1cc(Cl)cc(Br)c1OCc1ccc(Cl)cc1. The van der Waals surface area contributed by atoms with Crippen LogP contribution in [0, 0.1) is 0 Å². The Hall–Kier alpha value is -2.67. The quantitative estimate of drug-likeness (QED) is 0.216. The zero-order valence-corrected chi connectivity index (χ0v) is 22.6. The monoisotopic (exact) mass is 583 g/mol. The maximum atomic E-state index is 13.5. The number of hydrogen-bond acceptors (Lipinski definition) is 4. The van der Waals surface area contributed by atoms with Gasteiger partial charge in [0, 0.05) is 21.5 Å². The van der Waals surface area contributed by atoms with Crippen molar-refractivity contribution in [3.8, 4) is 5.75 Å². The lowest BCUT2D eigenvalue weighted by Crippen LogP contribution is -2.25. The summed E-state index contributed by atoms with van der Waals surface area (Å²) in [5, 5.41) is 6.39. The third-order valence-electron chi connectivity index (χ3n) is 6.39. The molecule has 0 N–H and O–H groups in total. The van der Waals surface area contributed by atoms with Crippen LogP contribution in [0.5, 0.6) is 5.75 Å². The summed E-state index contributed by atoms with van der Waals surface area (Å²) in [4.78, 5) is 18.4. The molecule has 0 saturated heterocycles. The molecular formula is C28H24BrCl2N3O2. The van der Waals surface area contributed by atoms with Crippen molar-refractivity contribution in [3.05, 3.63) is 102 Å². The Morgan fingerprint density at radius 3 is 2.56 bits per heavy atom. The molecule has 1 aliphatic carbocycles. The second-order valence-electron chi connectivity index (χ2n) is 8.90. The lowest BCUT2D eigenvalue weighted by molar-refractivity contribution is 0.304. The van der Waals surface area contributed by atoms with Gasteiger partial charge in [-0.05, 0) is 70.7 Å². The van der Waals surface area contributed by atoms with Gasteiger partial charge < -0.3 is 4.74 Å². The molecule has 1 heterocycles. The summed E-state index contributed by atoms with van der Waals surface area (Å²) in [7, 11) is 0. The van der Waals surface area contributed by atoms with Gasteiger partial charge in [-0.25, -0.2) is 4.98 Å². The zero-order valence-electron chi connectivity index (χ0n) is 19.5. The van der Waals surface area contributed by atoms with Crippen molar-refractivity contribution in [2.24, 2.45) is 5.10 Å². The molecule has 0 spiro atoms. The normalized spacial score (nSPS) is 14.5. The van der Waals surface area contributed by atoms with Gasteiger partial charge in [0.2, 0.25) is 0 Å². The molecule has 0 unspecified atom stereocenters. The van der Waals surface area contributed by atoms with Gasteiger partial charge in [0.15, 0.2) is 0 Å². The fourth-order valence-electron chi connectivity index (χ4n) is 4.56. The van der Waals surface area contributed by atoms with E-state index in [-0.39, 0.29) is 11.5 Å². The number of para-hydroxylation sites is 1. The molecule has 184 valence electrons. The van der Waals surface area contributed by atoms with E-state index in [4.69, 9.17) is 32.9 Å². The van der Waals surface area contributed by atoms with Gasteiger partial charge in [-0.15, -0.1) is 0 Å². The van der Waals surface area contributed by atoms with Gasteiger partial charge in [0.25, 0.3) is 5.56 Å². The van der Waals surface area contributed by atoms with Crippen molar-refractivity contribution in [3.63, 3.8) is 0 Å². The fraction of sp³-hybridized carbons (Fsp3) is 0.250. The van der Waals surface area contributed by atoms with E-state index >= 15 is 0 Å². The van der Waals surface area contributed by atoms with E-state index in [2.05, 4.69) is 21.0 Å². The first kappa shape index (κ1) is 25.0. The van der Waals surface area contributed by atoms with Crippen molar-refractivity contribution in [2.45, 2.75) is 44.6 Å². The first-order valence-corrected chi connectivity index (χ1v) is 13.5. The highest BCUT2D eigenvalue weighted by molar-refractivity contribution is 9.10. The molecule has 5 rings (SSSR count). The van der Waals surface area contributed by atoms with Gasteiger partial charge in [-0.1, -0.05) is 66.7 Å². The van der Waals surface area contributed by atoms with Crippen LogP contribution >= 0.6 is 39.1 Å². The van der Waals surface area contributed by atoms with Crippen LogP contribution in [0.15, 0.2) is 75.0 Å². The summed E-state index contributed by atoms with van der Waals surface area (Å²) in [6, 6.07) is 18.4. The average molecular weight is 585 g/mol. The van der Waals surface area contributed by atoms with E-state index in [1.165, 1.54) is 11.1 Å². The van der Waals surface area contributed by atoms with Crippen LogP contribution in [0.2, 0.25) is 10.0 Å². The molecule has 1 saturated carbocycles. The van der Waals surface area contributed by atoms with E-state index in [0.29, 0.717) is 49.2 Å². The summed E-state index contributed by atoms with van der Waals surface area (Å²) < 4.78 is 8.29. The Morgan fingerprint density at radius 2 is 1.78 bits per heavy atom. The van der Waals surface area contributed by atoms with Crippen LogP contribution in [0.25, 0.3) is 10.9 Å². The standard InChI is InChI=1S/C28H24BrCl2N3O2/c29-24-15-22(31)14-20(26(24)36-17-18-10-12-21(30)13-11-18)16-32-34-27(19-6-2-1-3-7-19)33-25-9-5-4-8-23(25)28(34)35/h4-5,8-16,19H,1-3,6-7,17H2. The number of ether oxygens (including phenoxy) is 1. The number of hydrogen-bond donors (Lipinski definition) is 0. The van der Waals surface area contributed by atoms with E-state index < -0.39 is 0 Å². The molecular weight excluding hydrogens is 561 g/mol. The lowest BCUT2D eigenvalue weighted by atomic mass is 9.88. The first-order chi connectivity index (χ1) is 17.5. The minimum atomic E-state index is -0.179. The highest BCUT2D eigenvalue weighted by atomic mass is 79.9. The summed E-state index contributed by atoms with van der Waals surface area (Å²) in [5.41, 5.74) is 2.14. The highest BCUT2D eigenvalue weighted by Crippen LogP contribution is 2.34. The molecule has 4 aromatic rings. The van der Waals surface area contributed by atoms with Crippen LogP contribution in [0.1, 0.15) is 55.0 Å². The molecule has 0 amide bonds. The van der Waals surface area contributed by atoms with Gasteiger partial charge >= 0.3 is 0 Å². The third-order valence-corrected chi connectivity index (χ3v) is 7.45. The zero-order chi connectivity index (χ0) is 25.1. The van der Waals surface area contributed by atoms with E-state index in [9.17, 15) is 4.79 Å². The first-order valence-electron chi connectivity index (χ1n) is 11.9. The number of rotatable bonds is 6. The number of nitrogens with zero attached hydrogens (tertiary/aromatic N) is 3. The number of fused-ring (bicyclic) bond motifs is 1. The molecule has 3 aromatic carbocycles. The molecule has 0 radical (unpaired) electrons. The number of halogens is 3. The van der Waals surface area contributed by atoms with Gasteiger partial charge in [0.1, 0.15) is 18.2 Å². The van der Waals surface area contributed by atoms with Crippen LogP contribution in [-0.4, -0.2) is 15.9 Å². The number of aromatic nitrogens is 2. The van der Waals surface area contributed by atoms with Crippen LogP contribution < -0.4 is 10.3 Å². The Labute approximate surface area is 227 Å². The Morgan fingerprint density at radius 1 is 1.03 bits per heavy atom. The molecule has 0 aliphatic heterocycles.